The molecule has 426 valence electrons. The highest BCUT2D eigenvalue weighted by atomic mass is 16.5. The van der Waals surface area contributed by atoms with Crippen LogP contribution in [-0.4, -0.2) is 47.4 Å². The van der Waals surface area contributed by atoms with Gasteiger partial charge in [0.05, 0.1) is 25.4 Å². The van der Waals surface area contributed by atoms with Gasteiger partial charge in [-0.25, -0.2) is 0 Å². The molecule has 2 atom stereocenters. The van der Waals surface area contributed by atoms with Gasteiger partial charge in [-0.05, 0) is 51.4 Å². The minimum atomic E-state index is -0.665. The van der Waals surface area contributed by atoms with Crippen molar-refractivity contribution >= 4 is 11.9 Å². The van der Waals surface area contributed by atoms with E-state index in [1.807, 2.05) is 0 Å². The number of ether oxygens (including phenoxy) is 1. The number of hydrogen-bond donors (Lipinski definition) is 3. The van der Waals surface area contributed by atoms with Crippen molar-refractivity contribution in [3.8, 4) is 0 Å². The molecule has 0 heterocycles. The van der Waals surface area contributed by atoms with Crippen molar-refractivity contribution in [1.29, 1.82) is 0 Å². The topological polar surface area (TPSA) is 95.9 Å². The Morgan fingerprint density at radius 1 is 0.389 bits per heavy atom. The van der Waals surface area contributed by atoms with Crippen molar-refractivity contribution in [1.82, 2.24) is 5.32 Å². The molecule has 0 radical (unpaired) electrons. The summed E-state index contributed by atoms with van der Waals surface area (Å²) in [5.41, 5.74) is 0. The van der Waals surface area contributed by atoms with Crippen LogP contribution in [0.4, 0.5) is 0 Å². The zero-order valence-corrected chi connectivity index (χ0v) is 48.7. The zero-order valence-electron chi connectivity index (χ0n) is 48.7. The van der Waals surface area contributed by atoms with Gasteiger partial charge in [0.25, 0.3) is 0 Å². The highest BCUT2D eigenvalue weighted by molar-refractivity contribution is 5.76. The molecule has 0 aliphatic rings. The average Bonchev–Trinajstić information content (AvgIpc) is 3.38. The zero-order chi connectivity index (χ0) is 52.2. The Morgan fingerprint density at radius 2 is 0.708 bits per heavy atom. The summed E-state index contributed by atoms with van der Waals surface area (Å²) in [4.78, 5) is 24.6. The molecule has 6 nitrogen and oxygen atoms in total. The number of esters is 1. The van der Waals surface area contributed by atoms with Crippen LogP contribution in [0.1, 0.15) is 361 Å². The van der Waals surface area contributed by atoms with Crippen LogP contribution in [0.15, 0.2) is 24.3 Å². The maximum Gasteiger partial charge on any atom is 0.305 e. The second-order valence-electron chi connectivity index (χ2n) is 22.5. The lowest BCUT2D eigenvalue weighted by Crippen LogP contribution is -2.45. The van der Waals surface area contributed by atoms with Gasteiger partial charge in [-0.2, -0.15) is 0 Å². The third kappa shape index (κ3) is 57.6. The molecule has 0 spiro atoms. The summed E-state index contributed by atoms with van der Waals surface area (Å²) < 4.78 is 5.48. The maximum atomic E-state index is 12.5. The van der Waals surface area contributed by atoms with E-state index in [1.165, 1.54) is 276 Å². The first-order chi connectivity index (χ1) is 35.5. The second-order valence-corrected chi connectivity index (χ2v) is 22.5. The summed E-state index contributed by atoms with van der Waals surface area (Å²) in [6.07, 6.45) is 76.2. The van der Waals surface area contributed by atoms with E-state index < -0.39 is 12.1 Å². The van der Waals surface area contributed by atoms with E-state index in [4.69, 9.17) is 4.74 Å². The van der Waals surface area contributed by atoms with Crippen LogP contribution in [0, 0.1) is 0 Å². The number of hydrogen-bond acceptors (Lipinski definition) is 5. The standard InChI is InChI=1S/C66H127NO5/c1-3-5-7-9-11-13-15-17-19-20-25-28-31-34-38-42-46-50-54-58-64(69)63(62-68)67-65(70)59-55-51-47-43-39-35-32-29-26-23-21-22-24-27-30-33-37-41-45-49-53-57-61-72-66(71)60-56-52-48-44-40-36-18-16-14-12-10-8-6-4-2/h10,12,16,18,63-64,68-69H,3-9,11,13-15,17,19-62H2,1-2H3,(H,67,70)/b12-10-,18-16-. The summed E-state index contributed by atoms with van der Waals surface area (Å²) in [7, 11) is 0. The van der Waals surface area contributed by atoms with Crippen molar-refractivity contribution in [2.75, 3.05) is 13.2 Å². The number of rotatable bonds is 61. The quantitative estimate of drug-likeness (QED) is 0.0320. The Bertz CT molecular complexity index is 1120. The lowest BCUT2D eigenvalue weighted by Gasteiger charge is -2.22. The number of aliphatic hydroxyl groups excluding tert-OH is 2. The van der Waals surface area contributed by atoms with Crippen molar-refractivity contribution in [3.05, 3.63) is 24.3 Å². The summed E-state index contributed by atoms with van der Waals surface area (Å²) in [5, 5.41) is 23.4. The van der Waals surface area contributed by atoms with E-state index >= 15 is 0 Å². The monoisotopic (exact) mass is 1010 g/mol. The first-order valence-electron chi connectivity index (χ1n) is 32.6. The molecule has 72 heavy (non-hydrogen) atoms. The van der Waals surface area contributed by atoms with Crippen LogP contribution in [0.25, 0.3) is 0 Å². The van der Waals surface area contributed by atoms with Gasteiger partial charge in [0.1, 0.15) is 0 Å². The van der Waals surface area contributed by atoms with Crippen LogP contribution < -0.4 is 5.32 Å². The van der Waals surface area contributed by atoms with E-state index in [0.717, 1.165) is 51.4 Å². The van der Waals surface area contributed by atoms with Gasteiger partial charge in [-0.1, -0.05) is 321 Å². The normalized spacial score (nSPS) is 12.7. The summed E-state index contributed by atoms with van der Waals surface area (Å²) in [6, 6.07) is -0.542. The molecule has 2 unspecified atom stereocenters. The fourth-order valence-electron chi connectivity index (χ4n) is 10.2. The SMILES string of the molecule is CCCC/C=C\C/C=C\CCCCCCCC(=O)OCCCCCCCCCCCCCCCCCCCCCCCCC(=O)NC(CO)C(O)CCCCCCCCCCCCCCCCCCCCC. The first kappa shape index (κ1) is 70.3. The van der Waals surface area contributed by atoms with Gasteiger partial charge in [-0.3, -0.25) is 9.59 Å². The van der Waals surface area contributed by atoms with Gasteiger partial charge in [0.2, 0.25) is 5.91 Å². The molecule has 0 aromatic carbocycles. The number of carbonyl (C=O) groups is 2. The number of carbonyl (C=O) groups excluding carboxylic acids is 2. The van der Waals surface area contributed by atoms with Crippen LogP contribution in [0.2, 0.25) is 0 Å². The molecule has 0 aliphatic heterocycles. The van der Waals surface area contributed by atoms with Crippen molar-refractivity contribution in [3.63, 3.8) is 0 Å². The van der Waals surface area contributed by atoms with E-state index in [0.29, 0.717) is 25.9 Å². The molecule has 0 bridgehead atoms. The van der Waals surface area contributed by atoms with Crippen molar-refractivity contribution < 1.29 is 24.5 Å². The van der Waals surface area contributed by atoms with E-state index in [-0.39, 0.29) is 18.5 Å². The second kappa shape index (κ2) is 61.9. The number of aliphatic hydroxyl groups is 2. The van der Waals surface area contributed by atoms with E-state index in [9.17, 15) is 19.8 Å². The molecule has 0 aromatic heterocycles. The molecule has 0 aliphatic carbocycles. The molecule has 0 saturated heterocycles. The summed E-state index contributed by atoms with van der Waals surface area (Å²) in [6.45, 7) is 4.93. The smallest absolute Gasteiger partial charge is 0.305 e. The van der Waals surface area contributed by atoms with Crippen molar-refractivity contribution in [2.24, 2.45) is 0 Å². The predicted octanol–water partition coefficient (Wildman–Crippen LogP) is 20.6. The number of amides is 1. The Morgan fingerprint density at radius 3 is 1.10 bits per heavy atom. The van der Waals surface area contributed by atoms with Gasteiger partial charge < -0.3 is 20.3 Å². The molecule has 0 aromatic rings. The molecule has 3 N–H and O–H groups in total. The molecule has 0 rings (SSSR count). The van der Waals surface area contributed by atoms with Crippen LogP contribution >= 0.6 is 0 Å². The molecule has 1 amide bonds. The fourth-order valence-corrected chi connectivity index (χ4v) is 10.2. The van der Waals surface area contributed by atoms with Gasteiger partial charge in [-0.15, -0.1) is 0 Å². The van der Waals surface area contributed by atoms with E-state index in [2.05, 4.69) is 43.5 Å². The van der Waals surface area contributed by atoms with Gasteiger partial charge in [0.15, 0.2) is 0 Å². The molecule has 6 heteroatoms. The van der Waals surface area contributed by atoms with Crippen LogP contribution in [0.3, 0.4) is 0 Å². The van der Waals surface area contributed by atoms with E-state index in [1.54, 1.807) is 0 Å². The lowest BCUT2D eigenvalue weighted by atomic mass is 10.0. The lowest BCUT2D eigenvalue weighted by molar-refractivity contribution is -0.143. The first-order valence-corrected chi connectivity index (χ1v) is 32.6. The van der Waals surface area contributed by atoms with Gasteiger partial charge in [0, 0.05) is 12.8 Å². The highest BCUT2D eigenvalue weighted by Gasteiger charge is 2.20. The molecule has 0 saturated carbocycles. The average molecular weight is 1010 g/mol. The predicted molar refractivity (Wildman–Crippen MR) is 315 cm³/mol. The maximum absolute atomic E-state index is 12.5. The minimum absolute atomic E-state index is 0.000729. The van der Waals surface area contributed by atoms with Crippen LogP contribution in [0.5, 0.6) is 0 Å². The number of unbranched alkanes of at least 4 members (excludes halogenated alkanes) is 46. The third-order valence-electron chi connectivity index (χ3n) is 15.3. The Balaban J connectivity index is 3.38. The Labute approximate surface area is 450 Å². The summed E-state index contributed by atoms with van der Waals surface area (Å²) in [5.74, 6) is -0.0326. The fraction of sp³-hybridized carbons (Fsp3) is 0.909. The summed E-state index contributed by atoms with van der Waals surface area (Å²) >= 11 is 0. The van der Waals surface area contributed by atoms with Crippen molar-refractivity contribution in [2.45, 2.75) is 373 Å². The third-order valence-corrected chi connectivity index (χ3v) is 15.3. The molecular formula is C66H127NO5. The molecular weight excluding hydrogens is 887 g/mol. The van der Waals surface area contributed by atoms with Gasteiger partial charge >= 0.3 is 5.97 Å². The number of allylic oxidation sites excluding steroid dienone is 4. The largest absolute Gasteiger partial charge is 0.466 e. The van der Waals surface area contributed by atoms with Crippen LogP contribution in [-0.2, 0) is 14.3 Å². The Kier molecular flexibility index (Phi) is 60.5. The number of nitrogens with one attached hydrogen (secondary N) is 1. The highest BCUT2D eigenvalue weighted by Crippen LogP contribution is 2.18. The minimum Gasteiger partial charge on any atom is -0.466 e. The molecule has 0 fully saturated rings. The Hall–Kier alpha value is -1.66.